The molecule has 1 fully saturated rings. The van der Waals surface area contributed by atoms with Crippen molar-refractivity contribution >= 4 is 11.7 Å². The van der Waals surface area contributed by atoms with Crippen LogP contribution in [0.5, 0.6) is 0 Å². The molecule has 2 rings (SSSR count). The third-order valence-corrected chi connectivity index (χ3v) is 3.97. The van der Waals surface area contributed by atoms with E-state index in [0.29, 0.717) is 13.0 Å². The summed E-state index contributed by atoms with van der Waals surface area (Å²) in [4.78, 5) is 26.2. The SMILES string of the molecule is CC(=O)[C@H](Cc1ccccc1)NC(=O)CN1C[C@H](C)O[C@@H](C)C1. The summed E-state index contributed by atoms with van der Waals surface area (Å²) in [5.74, 6) is -0.131. The van der Waals surface area contributed by atoms with Gasteiger partial charge in [0, 0.05) is 13.1 Å². The number of nitrogens with one attached hydrogen (secondary N) is 1. The molecule has 0 bridgehead atoms. The third-order valence-electron chi connectivity index (χ3n) is 3.97. The topological polar surface area (TPSA) is 58.6 Å². The van der Waals surface area contributed by atoms with E-state index in [9.17, 15) is 9.59 Å². The van der Waals surface area contributed by atoms with Crippen molar-refractivity contribution in [2.75, 3.05) is 19.6 Å². The Bertz CT molecular complexity index is 522. The van der Waals surface area contributed by atoms with E-state index < -0.39 is 6.04 Å². The molecule has 126 valence electrons. The summed E-state index contributed by atoms with van der Waals surface area (Å²) in [6.45, 7) is 7.31. The molecule has 1 amide bonds. The van der Waals surface area contributed by atoms with Crippen LogP contribution in [0.4, 0.5) is 0 Å². The van der Waals surface area contributed by atoms with E-state index in [4.69, 9.17) is 4.74 Å². The van der Waals surface area contributed by atoms with Crippen LogP contribution in [0.15, 0.2) is 30.3 Å². The summed E-state index contributed by atoms with van der Waals surface area (Å²) >= 11 is 0. The summed E-state index contributed by atoms with van der Waals surface area (Å²) in [6.07, 6.45) is 0.775. The van der Waals surface area contributed by atoms with Gasteiger partial charge in [0.2, 0.25) is 5.91 Å². The van der Waals surface area contributed by atoms with Crippen LogP contribution in [0.3, 0.4) is 0 Å². The molecule has 1 N–H and O–H groups in total. The van der Waals surface area contributed by atoms with Gasteiger partial charge in [-0.3, -0.25) is 14.5 Å². The smallest absolute Gasteiger partial charge is 0.234 e. The highest BCUT2D eigenvalue weighted by molar-refractivity contribution is 5.88. The van der Waals surface area contributed by atoms with Gasteiger partial charge in [0.05, 0.1) is 24.8 Å². The van der Waals surface area contributed by atoms with Crippen molar-refractivity contribution in [3.05, 3.63) is 35.9 Å². The Hall–Kier alpha value is -1.72. The van der Waals surface area contributed by atoms with Crippen LogP contribution in [0.1, 0.15) is 26.3 Å². The molecular formula is C18H26N2O3. The molecule has 0 aliphatic carbocycles. The lowest BCUT2D eigenvalue weighted by Crippen LogP contribution is -2.51. The zero-order chi connectivity index (χ0) is 16.8. The first-order valence-electron chi connectivity index (χ1n) is 8.15. The van der Waals surface area contributed by atoms with Crippen molar-refractivity contribution < 1.29 is 14.3 Å². The van der Waals surface area contributed by atoms with E-state index in [-0.39, 0.29) is 23.9 Å². The van der Waals surface area contributed by atoms with Crippen molar-refractivity contribution in [1.82, 2.24) is 10.2 Å². The molecule has 0 spiro atoms. The van der Waals surface area contributed by atoms with Crippen molar-refractivity contribution in [2.45, 2.75) is 45.4 Å². The van der Waals surface area contributed by atoms with Gasteiger partial charge < -0.3 is 10.1 Å². The molecule has 1 saturated heterocycles. The number of amides is 1. The second-order valence-corrected chi connectivity index (χ2v) is 6.37. The highest BCUT2D eigenvalue weighted by Crippen LogP contribution is 2.10. The predicted octanol–water partition coefficient (Wildman–Crippen LogP) is 1.41. The van der Waals surface area contributed by atoms with Crippen molar-refractivity contribution in [3.8, 4) is 0 Å². The summed E-state index contributed by atoms with van der Waals surface area (Å²) in [6, 6.07) is 9.27. The maximum Gasteiger partial charge on any atom is 0.234 e. The number of carbonyl (C=O) groups is 2. The fraction of sp³-hybridized carbons (Fsp3) is 0.556. The molecule has 1 aromatic rings. The number of Topliss-reactive ketones (excluding diaryl/α,β-unsaturated/α-hetero) is 1. The lowest BCUT2D eigenvalue weighted by molar-refractivity contribution is -0.130. The van der Waals surface area contributed by atoms with Gasteiger partial charge in [0.25, 0.3) is 0 Å². The molecule has 0 radical (unpaired) electrons. The van der Waals surface area contributed by atoms with Crippen molar-refractivity contribution in [3.63, 3.8) is 0 Å². The highest BCUT2D eigenvalue weighted by Gasteiger charge is 2.25. The molecule has 1 aliphatic rings. The minimum atomic E-state index is -0.471. The number of hydrogen-bond acceptors (Lipinski definition) is 4. The third kappa shape index (κ3) is 5.77. The van der Waals surface area contributed by atoms with Crippen LogP contribution in [0, 0.1) is 0 Å². The molecule has 0 aromatic heterocycles. The van der Waals surface area contributed by atoms with Crippen LogP contribution in [0.2, 0.25) is 0 Å². The quantitative estimate of drug-likeness (QED) is 0.862. The molecule has 0 saturated carbocycles. The van der Waals surface area contributed by atoms with Crippen LogP contribution in [-0.4, -0.2) is 54.5 Å². The van der Waals surface area contributed by atoms with Crippen LogP contribution in [0.25, 0.3) is 0 Å². The van der Waals surface area contributed by atoms with Gasteiger partial charge in [-0.25, -0.2) is 0 Å². The van der Waals surface area contributed by atoms with Gasteiger partial charge in [0.15, 0.2) is 5.78 Å². The Morgan fingerprint density at radius 1 is 1.22 bits per heavy atom. The highest BCUT2D eigenvalue weighted by atomic mass is 16.5. The lowest BCUT2D eigenvalue weighted by atomic mass is 10.0. The average Bonchev–Trinajstić information content (AvgIpc) is 2.46. The second-order valence-electron chi connectivity index (χ2n) is 6.37. The molecule has 1 aromatic carbocycles. The van der Waals surface area contributed by atoms with Gasteiger partial charge in [-0.05, 0) is 32.8 Å². The summed E-state index contributed by atoms with van der Waals surface area (Å²) < 4.78 is 5.67. The van der Waals surface area contributed by atoms with Crippen LogP contribution < -0.4 is 5.32 Å². The number of ketones is 1. The van der Waals surface area contributed by atoms with Gasteiger partial charge >= 0.3 is 0 Å². The van der Waals surface area contributed by atoms with E-state index in [2.05, 4.69) is 10.2 Å². The standard InChI is InChI=1S/C18H26N2O3/c1-13-10-20(11-14(2)23-13)12-18(22)19-17(15(3)21)9-16-7-5-4-6-8-16/h4-8,13-14,17H,9-12H2,1-3H3,(H,19,22)/t13-,14-,17-/m0/s1. The van der Waals surface area contributed by atoms with Crippen LogP contribution in [-0.2, 0) is 20.7 Å². The minimum absolute atomic E-state index is 0.0223. The first-order chi connectivity index (χ1) is 10.9. The largest absolute Gasteiger partial charge is 0.373 e. The molecule has 1 heterocycles. The normalized spacial score (nSPS) is 23.3. The monoisotopic (exact) mass is 318 g/mol. The Balaban J connectivity index is 1.89. The van der Waals surface area contributed by atoms with Gasteiger partial charge in [-0.2, -0.15) is 0 Å². The zero-order valence-electron chi connectivity index (χ0n) is 14.1. The maximum atomic E-state index is 12.3. The van der Waals surface area contributed by atoms with Gasteiger partial charge in [-0.15, -0.1) is 0 Å². The average molecular weight is 318 g/mol. The Morgan fingerprint density at radius 3 is 2.39 bits per heavy atom. The number of carbonyl (C=O) groups excluding carboxylic acids is 2. The van der Waals surface area contributed by atoms with Gasteiger partial charge in [0.1, 0.15) is 0 Å². The first-order valence-corrected chi connectivity index (χ1v) is 8.15. The Kier molecular flexibility index (Phi) is 6.30. The Labute approximate surface area is 138 Å². The van der Waals surface area contributed by atoms with E-state index >= 15 is 0 Å². The number of hydrogen-bond donors (Lipinski definition) is 1. The summed E-state index contributed by atoms with van der Waals surface area (Å²) in [5.41, 5.74) is 1.04. The molecular weight excluding hydrogens is 292 g/mol. The van der Waals surface area contributed by atoms with Gasteiger partial charge in [-0.1, -0.05) is 30.3 Å². The van der Waals surface area contributed by atoms with E-state index in [1.54, 1.807) is 0 Å². The zero-order valence-corrected chi connectivity index (χ0v) is 14.1. The number of rotatable bonds is 6. The molecule has 0 unspecified atom stereocenters. The first kappa shape index (κ1) is 17.6. The van der Waals surface area contributed by atoms with Crippen molar-refractivity contribution in [1.29, 1.82) is 0 Å². The second kappa shape index (κ2) is 8.22. The van der Waals surface area contributed by atoms with Crippen molar-refractivity contribution in [2.24, 2.45) is 0 Å². The van der Waals surface area contributed by atoms with Crippen LogP contribution >= 0.6 is 0 Å². The molecule has 1 aliphatic heterocycles. The Morgan fingerprint density at radius 2 is 1.83 bits per heavy atom. The molecule has 3 atom stereocenters. The number of benzene rings is 1. The number of ether oxygens (including phenoxy) is 1. The number of morpholine rings is 1. The van der Waals surface area contributed by atoms with E-state index in [1.807, 2.05) is 44.2 Å². The lowest BCUT2D eigenvalue weighted by Gasteiger charge is -2.35. The minimum Gasteiger partial charge on any atom is -0.373 e. The summed E-state index contributed by atoms with van der Waals surface area (Å²) in [5, 5.41) is 2.87. The summed E-state index contributed by atoms with van der Waals surface area (Å²) in [7, 11) is 0. The fourth-order valence-corrected chi connectivity index (χ4v) is 3.00. The number of nitrogens with zero attached hydrogens (tertiary/aromatic N) is 1. The maximum absolute atomic E-state index is 12.3. The van der Waals surface area contributed by atoms with E-state index in [0.717, 1.165) is 18.7 Å². The molecule has 5 heteroatoms. The molecule has 23 heavy (non-hydrogen) atoms. The predicted molar refractivity (Wildman–Crippen MR) is 89.2 cm³/mol. The molecule has 5 nitrogen and oxygen atoms in total. The van der Waals surface area contributed by atoms with E-state index in [1.165, 1.54) is 6.92 Å². The fourth-order valence-electron chi connectivity index (χ4n) is 3.00.